The molecule has 5 heteroatoms. The zero-order valence-electron chi connectivity index (χ0n) is 9.89. The summed E-state index contributed by atoms with van der Waals surface area (Å²) in [5.74, 6) is 0.184. The van der Waals surface area contributed by atoms with E-state index in [0.717, 1.165) is 11.3 Å². The number of anilines is 1. The van der Waals surface area contributed by atoms with Gasteiger partial charge >= 0.3 is 6.09 Å². The van der Waals surface area contributed by atoms with Crippen molar-refractivity contribution in [3.05, 3.63) is 29.8 Å². The number of para-hydroxylation sites is 1. The number of ketones is 1. The standard InChI is InChI=1S/C13H14N2O3/c16-12-5-6-15(8-9-7-14-13(17)18-9)11-4-2-1-3-10(11)12/h1-4,9H,5-8H2,(H,14,17). The molecule has 2 aliphatic rings. The van der Waals surface area contributed by atoms with Gasteiger partial charge in [0.2, 0.25) is 0 Å². The average Bonchev–Trinajstić information content (AvgIpc) is 2.79. The number of benzene rings is 1. The van der Waals surface area contributed by atoms with Crippen molar-refractivity contribution in [2.75, 3.05) is 24.5 Å². The highest BCUT2D eigenvalue weighted by Crippen LogP contribution is 2.27. The number of fused-ring (bicyclic) bond motifs is 1. The number of carbonyl (C=O) groups excluding carboxylic acids is 2. The van der Waals surface area contributed by atoms with E-state index in [1.807, 2.05) is 24.3 Å². The van der Waals surface area contributed by atoms with Crippen LogP contribution in [0.3, 0.4) is 0 Å². The van der Waals surface area contributed by atoms with E-state index >= 15 is 0 Å². The van der Waals surface area contributed by atoms with Gasteiger partial charge < -0.3 is 15.0 Å². The minimum Gasteiger partial charge on any atom is -0.442 e. The number of hydrogen-bond donors (Lipinski definition) is 1. The first-order valence-electron chi connectivity index (χ1n) is 6.06. The third-order valence-electron chi connectivity index (χ3n) is 3.33. The lowest BCUT2D eigenvalue weighted by Crippen LogP contribution is -2.39. The van der Waals surface area contributed by atoms with Gasteiger partial charge in [-0.1, -0.05) is 12.1 Å². The van der Waals surface area contributed by atoms with Crippen molar-refractivity contribution in [1.29, 1.82) is 0 Å². The molecule has 1 N–H and O–H groups in total. The summed E-state index contributed by atoms with van der Waals surface area (Å²) in [6.45, 7) is 1.85. The number of ether oxygens (including phenoxy) is 1. The summed E-state index contributed by atoms with van der Waals surface area (Å²) >= 11 is 0. The van der Waals surface area contributed by atoms with Gasteiger partial charge in [-0.25, -0.2) is 4.79 Å². The van der Waals surface area contributed by atoms with Crippen LogP contribution in [0, 0.1) is 0 Å². The fourth-order valence-corrected chi connectivity index (χ4v) is 2.45. The average molecular weight is 246 g/mol. The molecule has 94 valence electrons. The quantitative estimate of drug-likeness (QED) is 0.851. The van der Waals surface area contributed by atoms with Crippen molar-refractivity contribution in [3.63, 3.8) is 0 Å². The highest BCUT2D eigenvalue weighted by molar-refractivity contribution is 6.03. The number of carbonyl (C=O) groups is 2. The fourth-order valence-electron chi connectivity index (χ4n) is 2.45. The Hall–Kier alpha value is -2.04. The van der Waals surface area contributed by atoms with E-state index in [0.29, 0.717) is 26.1 Å². The molecule has 2 aliphatic heterocycles. The Bertz CT molecular complexity index is 501. The molecular weight excluding hydrogens is 232 g/mol. The maximum Gasteiger partial charge on any atom is 0.407 e. The summed E-state index contributed by atoms with van der Waals surface area (Å²) in [6.07, 6.45) is 0.0191. The molecule has 2 heterocycles. The molecule has 1 saturated heterocycles. The summed E-state index contributed by atoms with van der Waals surface area (Å²) in [7, 11) is 0. The van der Waals surface area contributed by atoms with Gasteiger partial charge in [-0.05, 0) is 12.1 Å². The van der Waals surface area contributed by atoms with Crippen molar-refractivity contribution < 1.29 is 14.3 Å². The predicted molar refractivity (Wildman–Crippen MR) is 65.9 cm³/mol. The molecule has 1 unspecified atom stereocenters. The number of amides is 1. The second-order valence-electron chi connectivity index (χ2n) is 4.54. The molecule has 0 aromatic heterocycles. The van der Waals surface area contributed by atoms with Crippen LogP contribution in [0.5, 0.6) is 0 Å². The Morgan fingerprint density at radius 1 is 1.33 bits per heavy atom. The van der Waals surface area contributed by atoms with Crippen LogP contribution in [-0.4, -0.2) is 37.6 Å². The molecule has 0 radical (unpaired) electrons. The van der Waals surface area contributed by atoms with Crippen molar-refractivity contribution in [3.8, 4) is 0 Å². The molecule has 1 amide bonds. The van der Waals surface area contributed by atoms with E-state index in [2.05, 4.69) is 10.2 Å². The minimum absolute atomic E-state index is 0.140. The van der Waals surface area contributed by atoms with Gasteiger partial charge in [-0.2, -0.15) is 0 Å². The van der Waals surface area contributed by atoms with Crippen LogP contribution >= 0.6 is 0 Å². The summed E-state index contributed by atoms with van der Waals surface area (Å²) in [5, 5.41) is 2.64. The lowest BCUT2D eigenvalue weighted by molar-refractivity contribution is 0.0976. The van der Waals surface area contributed by atoms with Crippen LogP contribution in [0.25, 0.3) is 0 Å². The Balaban J connectivity index is 1.80. The summed E-state index contributed by atoms with van der Waals surface area (Å²) in [6, 6.07) is 7.58. The molecule has 0 aliphatic carbocycles. The molecular formula is C13H14N2O3. The summed E-state index contributed by atoms with van der Waals surface area (Å²) in [4.78, 5) is 24.9. The molecule has 0 spiro atoms. The van der Waals surface area contributed by atoms with Crippen LogP contribution in [-0.2, 0) is 4.74 Å². The van der Waals surface area contributed by atoms with Gasteiger partial charge in [0, 0.05) is 24.2 Å². The lowest BCUT2D eigenvalue weighted by atomic mass is 10.00. The number of alkyl carbamates (subject to hydrolysis) is 1. The molecule has 0 bridgehead atoms. The van der Waals surface area contributed by atoms with Gasteiger partial charge in [-0.3, -0.25) is 4.79 Å². The molecule has 3 rings (SSSR count). The second-order valence-corrected chi connectivity index (χ2v) is 4.54. The molecule has 18 heavy (non-hydrogen) atoms. The number of nitrogens with one attached hydrogen (secondary N) is 1. The Kier molecular flexibility index (Phi) is 2.66. The van der Waals surface area contributed by atoms with Crippen molar-refractivity contribution in [2.24, 2.45) is 0 Å². The van der Waals surface area contributed by atoms with Crippen LogP contribution in [0.4, 0.5) is 10.5 Å². The van der Waals surface area contributed by atoms with Crippen LogP contribution in [0.15, 0.2) is 24.3 Å². The maximum atomic E-state index is 11.8. The molecule has 5 nitrogen and oxygen atoms in total. The SMILES string of the molecule is O=C1NCC(CN2CCC(=O)c3ccccc32)O1. The summed E-state index contributed by atoms with van der Waals surface area (Å²) in [5.41, 5.74) is 1.71. The van der Waals surface area contributed by atoms with Crippen molar-refractivity contribution in [2.45, 2.75) is 12.5 Å². The fraction of sp³-hybridized carbons (Fsp3) is 0.385. The van der Waals surface area contributed by atoms with Gasteiger partial charge in [-0.15, -0.1) is 0 Å². The van der Waals surface area contributed by atoms with Gasteiger partial charge in [0.15, 0.2) is 5.78 Å². The van der Waals surface area contributed by atoms with Crippen LogP contribution in [0.1, 0.15) is 16.8 Å². The third-order valence-corrected chi connectivity index (χ3v) is 3.33. The van der Waals surface area contributed by atoms with Crippen molar-refractivity contribution >= 4 is 17.6 Å². The Morgan fingerprint density at radius 2 is 2.17 bits per heavy atom. The lowest BCUT2D eigenvalue weighted by Gasteiger charge is -2.31. The van der Waals surface area contributed by atoms with E-state index < -0.39 is 0 Å². The van der Waals surface area contributed by atoms with Crippen LogP contribution < -0.4 is 10.2 Å². The minimum atomic E-state index is -0.360. The summed E-state index contributed by atoms with van der Waals surface area (Å²) < 4.78 is 5.13. The Morgan fingerprint density at radius 3 is 2.94 bits per heavy atom. The molecule has 1 aromatic carbocycles. The highest BCUT2D eigenvalue weighted by atomic mass is 16.6. The molecule has 0 saturated carbocycles. The smallest absolute Gasteiger partial charge is 0.407 e. The monoisotopic (exact) mass is 246 g/mol. The van der Waals surface area contributed by atoms with E-state index in [1.165, 1.54) is 0 Å². The van der Waals surface area contributed by atoms with E-state index in [1.54, 1.807) is 0 Å². The first-order chi connectivity index (χ1) is 8.74. The van der Waals surface area contributed by atoms with Crippen LogP contribution in [0.2, 0.25) is 0 Å². The molecule has 1 fully saturated rings. The number of hydrogen-bond acceptors (Lipinski definition) is 4. The second kappa shape index (κ2) is 4.33. The molecule has 1 aromatic rings. The van der Waals surface area contributed by atoms with Gasteiger partial charge in [0.1, 0.15) is 6.10 Å². The van der Waals surface area contributed by atoms with E-state index in [-0.39, 0.29) is 18.0 Å². The van der Waals surface area contributed by atoms with Gasteiger partial charge in [0.05, 0.1) is 13.1 Å². The van der Waals surface area contributed by atoms with Gasteiger partial charge in [0.25, 0.3) is 0 Å². The zero-order valence-corrected chi connectivity index (χ0v) is 9.89. The normalized spacial score (nSPS) is 22.4. The first kappa shape index (κ1) is 11.1. The predicted octanol–water partition coefficient (Wildman–Crippen LogP) is 1.19. The van der Waals surface area contributed by atoms with E-state index in [9.17, 15) is 9.59 Å². The number of rotatable bonds is 2. The van der Waals surface area contributed by atoms with Crippen molar-refractivity contribution in [1.82, 2.24) is 5.32 Å². The van der Waals surface area contributed by atoms with E-state index in [4.69, 9.17) is 4.74 Å². The Labute approximate surface area is 105 Å². The topological polar surface area (TPSA) is 58.6 Å². The largest absolute Gasteiger partial charge is 0.442 e. The number of nitrogens with zero attached hydrogens (tertiary/aromatic N) is 1. The first-order valence-corrected chi connectivity index (χ1v) is 6.06. The zero-order chi connectivity index (χ0) is 12.5. The maximum absolute atomic E-state index is 11.8. The highest BCUT2D eigenvalue weighted by Gasteiger charge is 2.28. The molecule has 1 atom stereocenters. The number of cyclic esters (lactones) is 1. The third kappa shape index (κ3) is 1.92. The number of Topliss-reactive ketones (excluding diaryl/α,β-unsaturated/α-hetero) is 1.